The summed E-state index contributed by atoms with van der Waals surface area (Å²) in [5.41, 5.74) is 8.93. The lowest BCUT2D eigenvalue weighted by molar-refractivity contribution is -0.137. The summed E-state index contributed by atoms with van der Waals surface area (Å²) >= 11 is 0. The topological polar surface area (TPSA) is 49.6 Å². The first-order valence-electron chi connectivity index (χ1n) is 8.64. The lowest BCUT2D eigenvalue weighted by atomic mass is 10.00. The largest absolute Gasteiger partial charge is 0.399 e. The quantitative estimate of drug-likeness (QED) is 0.742. The molecule has 0 atom stereocenters. The molecule has 1 aromatic rings. The number of carbonyl (C=O) groups is 1. The number of anilines is 2. The number of carbonyl (C=O) groups excluding carboxylic acids is 1. The minimum atomic E-state index is 0.109. The van der Waals surface area contributed by atoms with E-state index in [0.717, 1.165) is 36.3 Å². The van der Waals surface area contributed by atoms with Crippen molar-refractivity contribution in [1.82, 2.24) is 4.90 Å². The van der Waals surface area contributed by atoms with E-state index in [-0.39, 0.29) is 11.8 Å². The molecular weight excluding hydrogens is 286 g/mol. The van der Waals surface area contributed by atoms with Crippen molar-refractivity contribution in [2.24, 2.45) is 11.8 Å². The predicted octanol–water partition coefficient (Wildman–Crippen LogP) is 3.76. The summed E-state index contributed by atoms with van der Waals surface area (Å²) in [6.45, 7) is 9.87. The van der Waals surface area contributed by atoms with Crippen molar-refractivity contribution < 1.29 is 4.79 Å². The van der Waals surface area contributed by atoms with Crippen LogP contribution in [0.2, 0.25) is 0 Å². The van der Waals surface area contributed by atoms with E-state index in [9.17, 15) is 4.79 Å². The molecule has 0 heterocycles. The van der Waals surface area contributed by atoms with Crippen LogP contribution in [-0.2, 0) is 11.3 Å². The van der Waals surface area contributed by atoms with Crippen LogP contribution in [0.1, 0.15) is 46.1 Å². The van der Waals surface area contributed by atoms with E-state index in [1.165, 1.54) is 0 Å². The van der Waals surface area contributed by atoms with Crippen molar-refractivity contribution in [3.63, 3.8) is 0 Å². The van der Waals surface area contributed by atoms with Gasteiger partial charge in [0, 0.05) is 44.5 Å². The van der Waals surface area contributed by atoms with Gasteiger partial charge in [0.2, 0.25) is 5.91 Å². The minimum Gasteiger partial charge on any atom is -0.399 e. The van der Waals surface area contributed by atoms with Crippen LogP contribution in [0.3, 0.4) is 0 Å². The molecule has 0 aromatic heterocycles. The van der Waals surface area contributed by atoms with Gasteiger partial charge in [0.1, 0.15) is 0 Å². The summed E-state index contributed by atoms with van der Waals surface area (Å²) in [4.78, 5) is 17.0. The summed E-state index contributed by atoms with van der Waals surface area (Å²) in [7, 11) is 4.04. The first-order valence-corrected chi connectivity index (χ1v) is 8.64. The molecule has 0 fully saturated rings. The molecule has 0 saturated carbocycles. The summed E-state index contributed by atoms with van der Waals surface area (Å²) in [5, 5.41) is 0. The van der Waals surface area contributed by atoms with Gasteiger partial charge >= 0.3 is 0 Å². The standard InChI is InChI=1S/C19H33N3O/c1-7-15(8-2)19(23)22(12-14(3)4)13-16-11-17(20)9-10-18(16)21(5)6/h9-11,14-15H,7-8,12-13,20H2,1-6H3. The number of amides is 1. The molecular formula is C19H33N3O. The van der Waals surface area contributed by atoms with Crippen LogP contribution in [0.25, 0.3) is 0 Å². The van der Waals surface area contributed by atoms with Crippen LogP contribution in [0.15, 0.2) is 18.2 Å². The lowest BCUT2D eigenvalue weighted by Crippen LogP contribution is -2.38. The molecule has 0 spiro atoms. The molecule has 0 saturated heterocycles. The maximum atomic E-state index is 12.9. The second-order valence-corrected chi connectivity index (χ2v) is 6.91. The van der Waals surface area contributed by atoms with E-state index in [1.807, 2.05) is 37.2 Å². The van der Waals surface area contributed by atoms with Gasteiger partial charge in [-0.05, 0) is 42.5 Å². The zero-order chi connectivity index (χ0) is 17.6. The van der Waals surface area contributed by atoms with Crippen molar-refractivity contribution in [2.45, 2.75) is 47.1 Å². The highest BCUT2D eigenvalue weighted by Crippen LogP contribution is 2.25. The number of benzene rings is 1. The number of hydrogen-bond donors (Lipinski definition) is 1. The molecule has 1 amide bonds. The highest BCUT2D eigenvalue weighted by Gasteiger charge is 2.23. The second-order valence-electron chi connectivity index (χ2n) is 6.91. The number of rotatable bonds is 8. The molecule has 0 radical (unpaired) electrons. The molecule has 2 N–H and O–H groups in total. The van der Waals surface area contributed by atoms with Crippen molar-refractivity contribution in [2.75, 3.05) is 31.3 Å². The molecule has 4 nitrogen and oxygen atoms in total. The highest BCUT2D eigenvalue weighted by atomic mass is 16.2. The zero-order valence-electron chi connectivity index (χ0n) is 15.6. The average Bonchev–Trinajstić information content (AvgIpc) is 2.47. The Morgan fingerprint density at radius 1 is 1.17 bits per heavy atom. The van der Waals surface area contributed by atoms with E-state index in [4.69, 9.17) is 5.73 Å². The number of nitrogens with two attached hydrogens (primary N) is 1. The summed E-state index contributed by atoms with van der Waals surface area (Å²) in [5.74, 6) is 0.811. The van der Waals surface area contributed by atoms with Crippen molar-refractivity contribution in [3.05, 3.63) is 23.8 Å². The first kappa shape index (κ1) is 19.3. The molecule has 23 heavy (non-hydrogen) atoms. The van der Waals surface area contributed by atoms with E-state index in [1.54, 1.807) is 0 Å². The maximum absolute atomic E-state index is 12.9. The normalized spacial score (nSPS) is 11.1. The fraction of sp³-hybridized carbons (Fsp3) is 0.632. The molecule has 0 bridgehead atoms. The molecule has 0 aliphatic heterocycles. The van der Waals surface area contributed by atoms with Crippen LogP contribution in [0.4, 0.5) is 11.4 Å². The van der Waals surface area contributed by atoms with Crippen LogP contribution in [0, 0.1) is 11.8 Å². The third kappa shape index (κ3) is 5.45. The Balaban J connectivity index is 3.11. The van der Waals surface area contributed by atoms with Gasteiger partial charge < -0.3 is 15.5 Å². The molecule has 1 rings (SSSR count). The third-order valence-corrected chi connectivity index (χ3v) is 4.18. The van der Waals surface area contributed by atoms with Crippen LogP contribution >= 0.6 is 0 Å². The fourth-order valence-corrected chi connectivity index (χ4v) is 2.94. The molecule has 0 aliphatic rings. The van der Waals surface area contributed by atoms with Crippen LogP contribution < -0.4 is 10.6 Å². The highest BCUT2D eigenvalue weighted by molar-refractivity contribution is 5.79. The van der Waals surface area contributed by atoms with Crippen molar-refractivity contribution in [3.8, 4) is 0 Å². The first-order chi connectivity index (χ1) is 10.8. The minimum absolute atomic E-state index is 0.109. The summed E-state index contributed by atoms with van der Waals surface area (Å²) in [6, 6.07) is 5.93. The third-order valence-electron chi connectivity index (χ3n) is 4.18. The zero-order valence-corrected chi connectivity index (χ0v) is 15.6. The maximum Gasteiger partial charge on any atom is 0.225 e. The Morgan fingerprint density at radius 3 is 2.26 bits per heavy atom. The van der Waals surface area contributed by atoms with E-state index < -0.39 is 0 Å². The second kappa shape index (κ2) is 8.80. The fourth-order valence-electron chi connectivity index (χ4n) is 2.94. The van der Waals surface area contributed by atoms with Gasteiger partial charge in [-0.1, -0.05) is 27.7 Å². The van der Waals surface area contributed by atoms with Gasteiger partial charge in [-0.2, -0.15) is 0 Å². The molecule has 130 valence electrons. The number of nitrogen functional groups attached to an aromatic ring is 1. The number of hydrogen-bond acceptors (Lipinski definition) is 3. The SMILES string of the molecule is CCC(CC)C(=O)N(Cc1cc(N)ccc1N(C)C)CC(C)C. The van der Waals surface area contributed by atoms with Gasteiger partial charge in [-0.15, -0.1) is 0 Å². The van der Waals surface area contributed by atoms with Crippen molar-refractivity contribution >= 4 is 17.3 Å². The van der Waals surface area contributed by atoms with Crippen LogP contribution in [-0.4, -0.2) is 31.4 Å². The Bertz CT molecular complexity index is 507. The van der Waals surface area contributed by atoms with Gasteiger partial charge in [-0.3, -0.25) is 4.79 Å². The summed E-state index contributed by atoms with van der Waals surface area (Å²) in [6.07, 6.45) is 1.78. The van der Waals surface area contributed by atoms with Crippen molar-refractivity contribution in [1.29, 1.82) is 0 Å². The van der Waals surface area contributed by atoms with E-state index in [0.29, 0.717) is 12.5 Å². The Morgan fingerprint density at radius 2 is 1.78 bits per heavy atom. The van der Waals surface area contributed by atoms with Gasteiger partial charge in [-0.25, -0.2) is 0 Å². The van der Waals surface area contributed by atoms with E-state index in [2.05, 4.69) is 32.6 Å². The van der Waals surface area contributed by atoms with Gasteiger partial charge in [0.25, 0.3) is 0 Å². The Kier molecular flexibility index (Phi) is 7.40. The lowest BCUT2D eigenvalue weighted by Gasteiger charge is -2.30. The predicted molar refractivity (Wildman–Crippen MR) is 99.5 cm³/mol. The monoisotopic (exact) mass is 319 g/mol. The molecule has 0 aliphatic carbocycles. The molecule has 1 aromatic carbocycles. The molecule has 0 unspecified atom stereocenters. The van der Waals surface area contributed by atoms with Crippen LogP contribution in [0.5, 0.6) is 0 Å². The Labute approximate surface area is 141 Å². The average molecular weight is 319 g/mol. The Hall–Kier alpha value is -1.71. The smallest absolute Gasteiger partial charge is 0.225 e. The number of nitrogens with zero attached hydrogens (tertiary/aromatic N) is 2. The molecule has 4 heteroatoms. The van der Waals surface area contributed by atoms with Gasteiger partial charge in [0.05, 0.1) is 0 Å². The van der Waals surface area contributed by atoms with Gasteiger partial charge in [0.15, 0.2) is 0 Å². The van der Waals surface area contributed by atoms with E-state index >= 15 is 0 Å². The summed E-state index contributed by atoms with van der Waals surface area (Å²) < 4.78 is 0.